The molecule has 0 atom stereocenters. The van der Waals surface area contributed by atoms with Gasteiger partial charge in [-0.1, -0.05) is 27.7 Å². The van der Waals surface area contributed by atoms with Gasteiger partial charge in [-0.3, -0.25) is 0 Å². The smallest absolute Gasteiger partial charge is 0.0675 e. The van der Waals surface area contributed by atoms with Gasteiger partial charge in [0.15, 0.2) is 0 Å². The zero-order valence-corrected chi connectivity index (χ0v) is 8.80. The van der Waals surface area contributed by atoms with Crippen molar-refractivity contribution in [1.82, 2.24) is 0 Å². The zero-order valence-electron chi connectivity index (χ0n) is 8.80. The highest BCUT2D eigenvalue weighted by Crippen LogP contribution is 2.45. The van der Waals surface area contributed by atoms with Crippen LogP contribution in [-0.4, -0.2) is 10.7 Å². The van der Waals surface area contributed by atoms with Crippen LogP contribution in [0.25, 0.3) is 0 Å². The molecule has 0 amide bonds. The molecule has 0 aromatic rings. The van der Waals surface area contributed by atoms with Crippen molar-refractivity contribution in [3.05, 3.63) is 0 Å². The zero-order chi connectivity index (χ0) is 9.35. The normalized spacial score (nSPS) is 35.8. The molecule has 1 aliphatic rings. The SMILES string of the molecule is CC(C)CC1CC(O)(C(C)C)C1. The maximum atomic E-state index is 9.97. The lowest BCUT2D eigenvalue weighted by atomic mass is 9.63. The Balaban J connectivity index is 2.27. The van der Waals surface area contributed by atoms with Gasteiger partial charge in [0.1, 0.15) is 0 Å². The minimum atomic E-state index is -0.320. The first-order valence-corrected chi connectivity index (χ1v) is 5.16. The van der Waals surface area contributed by atoms with Crippen molar-refractivity contribution in [2.75, 3.05) is 0 Å². The first-order valence-electron chi connectivity index (χ1n) is 5.16. The monoisotopic (exact) mass is 170 g/mol. The minimum Gasteiger partial charge on any atom is -0.390 e. The largest absolute Gasteiger partial charge is 0.390 e. The summed E-state index contributed by atoms with van der Waals surface area (Å²) in [5.74, 6) is 2.00. The molecule has 0 aromatic heterocycles. The van der Waals surface area contributed by atoms with Crippen LogP contribution in [0.4, 0.5) is 0 Å². The molecule has 0 spiro atoms. The van der Waals surface area contributed by atoms with Crippen molar-refractivity contribution in [3.63, 3.8) is 0 Å². The fraction of sp³-hybridized carbons (Fsp3) is 1.00. The van der Waals surface area contributed by atoms with E-state index in [9.17, 15) is 5.11 Å². The Kier molecular flexibility index (Phi) is 2.82. The highest BCUT2D eigenvalue weighted by atomic mass is 16.3. The van der Waals surface area contributed by atoms with E-state index < -0.39 is 0 Å². The predicted molar refractivity (Wildman–Crippen MR) is 52.0 cm³/mol. The van der Waals surface area contributed by atoms with Gasteiger partial charge in [-0.25, -0.2) is 0 Å². The van der Waals surface area contributed by atoms with Gasteiger partial charge in [-0.15, -0.1) is 0 Å². The minimum absolute atomic E-state index is 0.320. The molecule has 1 N–H and O–H groups in total. The number of aliphatic hydroxyl groups is 1. The molecule has 0 radical (unpaired) electrons. The summed E-state index contributed by atoms with van der Waals surface area (Å²) in [6.07, 6.45) is 3.35. The molecular weight excluding hydrogens is 148 g/mol. The average molecular weight is 170 g/mol. The van der Waals surface area contributed by atoms with Crippen LogP contribution in [0.15, 0.2) is 0 Å². The topological polar surface area (TPSA) is 20.2 Å². The molecule has 1 heteroatoms. The van der Waals surface area contributed by atoms with Gasteiger partial charge in [0.2, 0.25) is 0 Å². The van der Waals surface area contributed by atoms with Crippen LogP contribution in [0.3, 0.4) is 0 Å². The van der Waals surface area contributed by atoms with E-state index >= 15 is 0 Å². The fourth-order valence-corrected chi connectivity index (χ4v) is 2.24. The van der Waals surface area contributed by atoms with Crippen LogP contribution >= 0.6 is 0 Å². The molecule has 1 fully saturated rings. The Morgan fingerprint density at radius 3 is 2.08 bits per heavy atom. The van der Waals surface area contributed by atoms with Gasteiger partial charge >= 0.3 is 0 Å². The van der Waals surface area contributed by atoms with Crippen molar-refractivity contribution < 1.29 is 5.11 Å². The van der Waals surface area contributed by atoms with E-state index in [0.717, 1.165) is 24.7 Å². The third kappa shape index (κ3) is 2.01. The predicted octanol–water partition coefficient (Wildman–Crippen LogP) is 2.83. The van der Waals surface area contributed by atoms with Gasteiger partial charge in [0, 0.05) is 0 Å². The molecule has 1 aliphatic carbocycles. The highest BCUT2D eigenvalue weighted by molar-refractivity contribution is 4.96. The van der Waals surface area contributed by atoms with Crippen LogP contribution in [0.2, 0.25) is 0 Å². The lowest BCUT2D eigenvalue weighted by Gasteiger charge is -2.47. The Bertz CT molecular complexity index is 143. The summed E-state index contributed by atoms with van der Waals surface area (Å²) >= 11 is 0. The van der Waals surface area contributed by atoms with Crippen LogP contribution < -0.4 is 0 Å². The molecule has 0 bridgehead atoms. The summed E-state index contributed by atoms with van der Waals surface area (Å²) in [4.78, 5) is 0. The van der Waals surface area contributed by atoms with E-state index in [1.165, 1.54) is 6.42 Å². The molecule has 0 unspecified atom stereocenters. The van der Waals surface area contributed by atoms with Crippen LogP contribution in [0, 0.1) is 17.8 Å². The molecule has 1 saturated carbocycles. The van der Waals surface area contributed by atoms with Crippen molar-refractivity contribution in [2.24, 2.45) is 17.8 Å². The number of rotatable bonds is 3. The van der Waals surface area contributed by atoms with Crippen molar-refractivity contribution in [2.45, 2.75) is 52.6 Å². The van der Waals surface area contributed by atoms with Crippen molar-refractivity contribution >= 4 is 0 Å². The molecule has 0 aromatic carbocycles. The Labute approximate surface area is 76.2 Å². The second kappa shape index (κ2) is 3.37. The molecule has 1 rings (SSSR count). The van der Waals surface area contributed by atoms with Gasteiger partial charge in [-0.2, -0.15) is 0 Å². The van der Waals surface area contributed by atoms with E-state index in [1.54, 1.807) is 0 Å². The molecule has 0 saturated heterocycles. The molecule has 0 heterocycles. The quantitative estimate of drug-likeness (QED) is 0.690. The number of hydrogen-bond donors (Lipinski definition) is 1. The lowest BCUT2D eigenvalue weighted by Crippen LogP contribution is -2.48. The average Bonchev–Trinajstić information content (AvgIpc) is 1.82. The van der Waals surface area contributed by atoms with Crippen molar-refractivity contribution in [1.29, 1.82) is 0 Å². The third-order valence-electron chi connectivity index (χ3n) is 3.16. The molecule has 12 heavy (non-hydrogen) atoms. The molecule has 72 valence electrons. The summed E-state index contributed by atoms with van der Waals surface area (Å²) in [6, 6.07) is 0. The van der Waals surface area contributed by atoms with Crippen LogP contribution in [-0.2, 0) is 0 Å². The number of hydrogen-bond acceptors (Lipinski definition) is 1. The Hall–Kier alpha value is -0.0400. The second-order valence-corrected chi connectivity index (χ2v) is 5.16. The summed E-state index contributed by atoms with van der Waals surface area (Å²) in [5.41, 5.74) is -0.320. The van der Waals surface area contributed by atoms with Gasteiger partial charge in [-0.05, 0) is 37.0 Å². The standard InChI is InChI=1S/C11H22O/c1-8(2)5-10-6-11(12,7-10)9(3)4/h8-10,12H,5-7H2,1-4H3. The molecule has 1 nitrogen and oxygen atoms in total. The summed E-state index contributed by atoms with van der Waals surface area (Å²) in [7, 11) is 0. The summed E-state index contributed by atoms with van der Waals surface area (Å²) < 4.78 is 0. The first kappa shape index (κ1) is 10.0. The van der Waals surface area contributed by atoms with E-state index in [-0.39, 0.29) is 5.60 Å². The van der Waals surface area contributed by atoms with E-state index in [0.29, 0.717) is 5.92 Å². The summed E-state index contributed by atoms with van der Waals surface area (Å²) in [6.45, 7) is 8.75. The Morgan fingerprint density at radius 1 is 1.25 bits per heavy atom. The van der Waals surface area contributed by atoms with Gasteiger partial charge in [0.25, 0.3) is 0 Å². The van der Waals surface area contributed by atoms with Crippen molar-refractivity contribution in [3.8, 4) is 0 Å². The maximum absolute atomic E-state index is 9.97. The van der Waals surface area contributed by atoms with Gasteiger partial charge in [0.05, 0.1) is 5.60 Å². The van der Waals surface area contributed by atoms with E-state index in [4.69, 9.17) is 0 Å². The molecule has 0 aliphatic heterocycles. The molecular formula is C11H22O. The maximum Gasteiger partial charge on any atom is 0.0675 e. The fourth-order valence-electron chi connectivity index (χ4n) is 2.24. The first-order chi connectivity index (χ1) is 5.44. The third-order valence-corrected chi connectivity index (χ3v) is 3.16. The highest BCUT2D eigenvalue weighted by Gasteiger charge is 2.44. The summed E-state index contributed by atoms with van der Waals surface area (Å²) in [5, 5.41) is 9.97. The van der Waals surface area contributed by atoms with E-state index in [1.807, 2.05) is 0 Å². The second-order valence-electron chi connectivity index (χ2n) is 5.16. The van der Waals surface area contributed by atoms with Crippen LogP contribution in [0.1, 0.15) is 47.0 Å². The lowest BCUT2D eigenvalue weighted by molar-refractivity contribution is -0.112. The van der Waals surface area contributed by atoms with Gasteiger partial charge < -0.3 is 5.11 Å². The Morgan fingerprint density at radius 2 is 1.75 bits per heavy atom. The van der Waals surface area contributed by atoms with E-state index in [2.05, 4.69) is 27.7 Å². The van der Waals surface area contributed by atoms with Crippen LogP contribution in [0.5, 0.6) is 0 Å².